The Morgan fingerprint density at radius 2 is 1.62 bits per heavy atom. The minimum atomic E-state index is -0.672. The molecule has 0 aliphatic heterocycles. The van der Waals surface area contributed by atoms with Gasteiger partial charge in [-0.3, -0.25) is 14.4 Å². The summed E-state index contributed by atoms with van der Waals surface area (Å²) in [6, 6.07) is 18.3. The average molecular weight is 391 g/mol. The first-order valence-corrected chi connectivity index (χ1v) is 9.10. The molecule has 2 aromatic carbocycles. The number of amides is 3. The van der Waals surface area contributed by atoms with Crippen LogP contribution in [0.25, 0.3) is 0 Å². The van der Waals surface area contributed by atoms with Gasteiger partial charge in [0, 0.05) is 17.8 Å². The molecule has 0 bridgehead atoms. The lowest BCUT2D eigenvalue weighted by Crippen LogP contribution is -2.44. The van der Waals surface area contributed by atoms with E-state index in [1.165, 1.54) is 6.26 Å². The highest BCUT2D eigenvalue weighted by atomic mass is 16.3. The van der Waals surface area contributed by atoms with Crippen molar-refractivity contribution in [1.82, 2.24) is 10.6 Å². The third kappa shape index (κ3) is 5.55. The predicted octanol–water partition coefficient (Wildman–Crippen LogP) is 2.97. The Bertz CT molecular complexity index is 967. The van der Waals surface area contributed by atoms with Crippen LogP contribution in [0.3, 0.4) is 0 Å². The molecule has 7 heteroatoms. The predicted molar refractivity (Wildman–Crippen MR) is 108 cm³/mol. The van der Waals surface area contributed by atoms with Crippen LogP contribution in [0.15, 0.2) is 77.4 Å². The van der Waals surface area contributed by atoms with Gasteiger partial charge in [-0.05, 0) is 48.9 Å². The summed E-state index contributed by atoms with van der Waals surface area (Å²) in [7, 11) is 0. The summed E-state index contributed by atoms with van der Waals surface area (Å²) in [5, 5.41) is 8.18. The summed E-state index contributed by atoms with van der Waals surface area (Å²) in [4.78, 5) is 36.3. The van der Waals surface area contributed by atoms with E-state index in [1.807, 2.05) is 6.07 Å². The fraction of sp³-hybridized carbons (Fsp3) is 0.136. The quantitative estimate of drug-likeness (QED) is 0.576. The molecule has 3 N–H and O–H groups in total. The van der Waals surface area contributed by atoms with E-state index in [4.69, 9.17) is 4.42 Å². The molecule has 3 rings (SSSR count). The van der Waals surface area contributed by atoms with Gasteiger partial charge < -0.3 is 20.4 Å². The Morgan fingerprint density at radius 1 is 0.897 bits per heavy atom. The Labute approximate surface area is 168 Å². The van der Waals surface area contributed by atoms with Crippen LogP contribution in [0.2, 0.25) is 0 Å². The van der Waals surface area contributed by atoms with E-state index in [9.17, 15) is 14.4 Å². The topological polar surface area (TPSA) is 100 Å². The summed E-state index contributed by atoms with van der Waals surface area (Å²) in [5.41, 5.74) is 1.97. The van der Waals surface area contributed by atoms with E-state index in [-0.39, 0.29) is 23.5 Å². The van der Waals surface area contributed by atoms with Gasteiger partial charge in [-0.15, -0.1) is 0 Å². The number of nitrogens with one attached hydrogen (secondary N) is 3. The number of carbonyl (C=O) groups is 3. The maximum atomic E-state index is 12.2. The minimum absolute atomic E-state index is 0.230. The molecule has 7 nitrogen and oxygen atoms in total. The molecule has 1 unspecified atom stereocenters. The van der Waals surface area contributed by atoms with E-state index >= 15 is 0 Å². The van der Waals surface area contributed by atoms with Crippen LogP contribution in [0, 0.1) is 0 Å². The van der Waals surface area contributed by atoms with Crippen molar-refractivity contribution in [3.63, 3.8) is 0 Å². The first-order valence-electron chi connectivity index (χ1n) is 9.10. The molecule has 0 aliphatic rings. The van der Waals surface area contributed by atoms with Gasteiger partial charge >= 0.3 is 0 Å². The standard InChI is InChI=1S/C22H21N3O4/c1-15(24-21(27)17-6-3-2-4-7-17)20(26)23-14-16-9-11-18(12-10-16)25-22(28)19-8-5-13-29-19/h2-13,15H,14H2,1H3,(H,23,26)(H,24,27)(H,25,28). The van der Waals surface area contributed by atoms with Gasteiger partial charge in [0.2, 0.25) is 5.91 Å². The zero-order valence-corrected chi connectivity index (χ0v) is 15.8. The molecule has 0 radical (unpaired) electrons. The van der Waals surface area contributed by atoms with Crippen molar-refractivity contribution in [2.75, 3.05) is 5.32 Å². The molecule has 1 atom stereocenters. The molecule has 148 valence electrons. The van der Waals surface area contributed by atoms with Gasteiger partial charge in [-0.2, -0.15) is 0 Å². The van der Waals surface area contributed by atoms with Gasteiger partial charge in [0.1, 0.15) is 6.04 Å². The normalized spacial score (nSPS) is 11.3. The van der Waals surface area contributed by atoms with Crippen LogP contribution in [0.1, 0.15) is 33.4 Å². The van der Waals surface area contributed by atoms with E-state index < -0.39 is 6.04 Å². The lowest BCUT2D eigenvalue weighted by Gasteiger charge is -2.14. The van der Waals surface area contributed by atoms with E-state index in [0.717, 1.165) is 5.56 Å². The van der Waals surface area contributed by atoms with Crippen LogP contribution < -0.4 is 16.0 Å². The van der Waals surface area contributed by atoms with Gasteiger partial charge in [0.15, 0.2) is 5.76 Å². The van der Waals surface area contributed by atoms with Crippen molar-refractivity contribution in [2.24, 2.45) is 0 Å². The molecule has 1 aromatic heterocycles. The molecule has 0 spiro atoms. The Hall–Kier alpha value is -3.87. The van der Waals surface area contributed by atoms with Crippen LogP contribution in [0.4, 0.5) is 5.69 Å². The first-order chi connectivity index (χ1) is 14.0. The molecule has 0 saturated heterocycles. The van der Waals surface area contributed by atoms with Gasteiger partial charge in [0.25, 0.3) is 11.8 Å². The third-order valence-electron chi connectivity index (χ3n) is 4.20. The number of rotatable bonds is 7. The van der Waals surface area contributed by atoms with Crippen LogP contribution >= 0.6 is 0 Å². The fourth-order valence-corrected chi connectivity index (χ4v) is 2.58. The van der Waals surface area contributed by atoms with Gasteiger partial charge in [-0.1, -0.05) is 30.3 Å². The van der Waals surface area contributed by atoms with Crippen LogP contribution in [-0.4, -0.2) is 23.8 Å². The molecular weight excluding hydrogens is 370 g/mol. The van der Waals surface area contributed by atoms with E-state index in [0.29, 0.717) is 17.8 Å². The van der Waals surface area contributed by atoms with Crippen molar-refractivity contribution < 1.29 is 18.8 Å². The first kappa shape index (κ1) is 19.9. The lowest BCUT2D eigenvalue weighted by atomic mass is 10.2. The van der Waals surface area contributed by atoms with E-state index in [2.05, 4.69) is 16.0 Å². The monoisotopic (exact) mass is 391 g/mol. The SMILES string of the molecule is CC(NC(=O)c1ccccc1)C(=O)NCc1ccc(NC(=O)c2ccco2)cc1. The smallest absolute Gasteiger partial charge is 0.291 e. The second kappa shape index (κ2) is 9.36. The van der Waals surface area contributed by atoms with Crippen molar-refractivity contribution in [3.05, 3.63) is 89.9 Å². The third-order valence-corrected chi connectivity index (χ3v) is 4.20. The maximum Gasteiger partial charge on any atom is 0.291 e. The highest BCUT2D eigenvalue weighted by Gasteiger charge is 2.16. The molecule has 0 saturated carbocycles. The van der Waals surface area contributed by atoms with Gasteiger partial charge in [-0.25, -0.2) is 0 Å². The van der Waals surface area contributed by atoms with Crippen molar-refractivity contribution in [2.45, 2.75) is 19.5 Å². The summed E-state index contributed by atoms with van der Waals surface area (Å²) in [5.74, 6) is -0.693. The number of benzene rings is 2. The number of hydrogen-bond acceptors (Lipinski definition) is 4. The van der Waals surface area contributed by atoms with Crippen LogP contribution in [-0.2, 0) is 11.3 Å². The molecule has 0 fully saturated rings. The molecule has 3 aromatic rings. The second-order valence-electron chi connectivity index (χ2n) is 6.41. The Morgan fingerprint density at radius 3 is 2.28 bits per heavy atom. The highest BCUT2D eigenvalue weighted by molar-refractivity contribution is 6.02. The molecular formula is C22H21N3O4. The Balaban J connectivity index is 1.47. The van der Waals surface area contributed by atoms with Gasteiger partial charge in [0.05, 0.1) is 6.26 Å². The molecule has 29 heavy (non-hydrogen) atoms. The van der Waals surface area contributed by atoms with Crippen LogP contribution in [0.5, 0.6) is 0 Å². The number of anilines is 1. The summed E-state index contributed by atoms with van der Waals surface area (Å²) >= 11 is 0. The van der Waals surface area contributed by atoms with Crippen molar-refractivity contribution >= 4 is 23.4 Å². The van der Waals surface area contributed by atoms with E-state index in [1.54, 1.807) is 67.6 Å². The number of carbonyl (C=O) groups excluding carboxylic acids is 3. The summed E-state index contributed by atoms with van der Waals surface area (Å²) in [6.45, 7) is 1.93. The molecule has 3 amide bonds. The minimum Gasteiger partial charge on any atom is -0.459 e. The number of hydrogen-bond donors (Lipinski definition) is 3. The summed E-state index contributed by atoms with van der Waals surface area (Å²) in [6.07, 6.45) is 1.43. The zero-order valence-electron chi connectivity index (χ0n) is 15.8. The highest BCUT2D eigenvalue weighted by Crippen LogP contribution is 2.12. The van der Waals surface area contributed by atoms with Crippen molar-refractivity contribution in [1.29, 1.82) is 0 Å². The fourth-order valence-electron chi connectivity index (χ4n) is 2.58. The van der Waals surface area contributed by atoms with Crippen molar-refractivity contribution in [3.8, 4) is 0 Å². The average Bonchev–Trinajstić information content (AvgIpc) is 3.28. The summed E-state index contributed by atoms with van der Waals surface area (Å²) < 4.78 is 5.04. The number of furan rings is 1. The largest absolute Gasteiger partial charge is 0.459 e. The second-order valence-corrected chi connectivity index (χ2v) is 6.41. The molecule has 1 heterocycles. The Kier molecular flexibility index (Phi) is 6.42. The molecule has 0 aliphatic carbocycles. The lowest BCUT2D eigenvalue weighted by molar-refractivity contribution is -0.122. The zero-order chi connectivity index (χ0) is 20.6. The maximum absolute atomic E-state index is 12.2.